The zero-order valence-electron chi connectivity index (χ0n) is 15.0. The summed E-state index contributed by atoms with van der Waals surface area (Å²) in [6, 6.07) is 8.74. The van der Waals surface area contributed by atoms with Crippen LogP contribution in [-0.4, -0.2) is 30.9 Å². The minimum absolute atomic E-state index is 0.00687. The van der Waals surface area contributed by atoms with Gasteiger partial charge in [-0.25, -0.2) is 0 Å². The fraction of sp³-hybridized carbons (Fsp3) is 0.450. The first-order valence-corrected chi connectivity index (χ1v) is 8.34. The summed E-state index contributed by atoms with van der Waals surface area (Å²) in [5.41, 5.74) is -1.05. The van der Waals surface area contributed by atoms with Crippen LogP contribution in [0.5, 0.6) is 0 Å². The number of carbonyl (C=O) groups excluding carboxylic acids is 3. The monoisotopic (exact) mass is 344 g/mol. The number of carbonyl (C=O) groups is 3. The minimum Gasteiger partial charge on any atom is -0.465 e. The van der Waals surface area contributed by atoms with Gasteiger partial charge in [-0.15, -0.1) is 11.8 Å². The highest BCUT2D eigenvalue weighted by molar-refractivity contribution is 6.02. The standard InChI is InChI=1S/C20H24O5/c1-4-7-14-20(18(22)24-5-2,19(23)25-6-3)15-13-17(21)16-11-9-8-10-12-16/h8-12H,5-6,13-15H2,1-3H3. The Morgan fingerprint density at radius 2 is 1.56 bits per heavy atom. The molecule has 0 fully saturated rings. The number of ketones is 1. The zero-order valence-corrected chi connectivity index (χ0v) is 15.0. The Morgan fingerprint density at radius 3 is 2.04 bits per heavy atom. The summed E-state index contributed by atoms with van der Waals surface area (Å²) in [6.45, 7) is 5.21. The quantitative estimate of drug-likeness (QED) is 0.298. The third kappa shape index (κ3) is 5.46. The molecule has 0 radical (unpaired) electrons. The molecule has 0 bridgehead atoms. The van der Waals surface area contributed by atoms with Crippen LogP contribution in [0.3, 0.4) is 0 Å². The molecular formula is C20H24O5. The Labute approximate surface area is 148 Å². The van der Waals surface area contributed by atoms with E-state index in [0.29, 0.717) is 5.56 Å². The Kier molecular flexibility index (Phi) is 8.42. The number of ether oxygens (including phenoxy) is 2. The van der Waals surface area contributed by atoms with Crippen molar-refractivity contribution >= 4 is 17.7 Å². The molecule has 25 heavy (non-hydrogen) atoms. The average molecular weight is 344 g/mol. The van der Waals surface area contributed by atoms with Crippen LogP contribution in [-0.2, 0) is 19.1 Å². The summed E-state index contributed by atoms with van der Waals surface area (Å²) in [5, 5.41) is 0. The van der Waals surface area contributed by atoms with E-state index in [4.69, 9.17) is 9.47 Å². The van der Waals surface area contributed by atoms with E-state index in [0.717, 1.165) is 0 Å². The lowest BCUT2D eigenvalue weighted by Crippen LogP contribution is -2.42. The molecule has 1 aromatic rings. The highest BCUT2D eigenvalue weighted by atomic mass is 16.6. The van der Waals surface area contributed by atoms with Crippen molar-refractivity contribution < 1.29 is 23.9 Å². The Bertz CT molecular complexity index is 634. The molecule has 0 heterocycles. The van der Waals surface area contributed by atoms with Crippen LogP contribution in [0.4, 0.5) is 0 Å². The number of esters is 2. The molecule has 0 atom stereocenters. The first-order valence-electron chi connectivity index (χ1n) is 8.34. The third-order valence-corrected chi connectivity index (χ3v) is 3.77. The van der Waals surface area contributed by atoms with Gasteiger partial charge in [0.25, 0.3) is 0 Å². The zero-order chi connectivity index (χ0) is 18.7. The van der Waals surface area contributed by atoms with E-state index in [1.165, 1.54) is 0 Å². The molecule has 0 spiro atoms. The molecule has 0 saturated heterocycles. The molecule has 1 aromatic carbocycles. The van der Waals surface area contributed by atoms with Gasteiger partial charge in [0, 0.05) is 18.4 Å². The molecule has 0 N–H and O–H groups in total. The Balaban J connectivity index is 3.09. The van der Waals surface area contributed by atoms with Crippen LogP contribution < -0.4 is 0 Å². The van der Waals surface area contributed by atoms with E-state index < -0.39 is 17.4 Å². The van der Waals surface area contributed by atoms with Gasteiger partial charge in [0.1, 0.15) is 0 Å². The topological polar surface area (TPSA) is 69.7 Å². The SMILES string of the molecule is CC#CCC(CCC(=O)c1ccccc1)(C(=O)OCC)C(=O)OCC. The summed E-state index contributed by atoms with van der Waals surface area (Å²) in [6.07, 6.45) is -0.0245. The summed E-state index contributed by atoms with van der Waals surface area (Å²) >= 11 is 0. The van der Waals surface area contributed by atoms with Crippen LogP contribution in [0, 0.1) is 17.3 Å². The van der Waals surface area contributed by atoms with Gasteiger partial charge in [-0.05, 0) is 27.2 Å². The normalized spacial score (nSPS) is 10.4. The molecular weight excluding hydrogens is 320 g/mol. The van der Waals surface area contributed by atoms with Crippen LogP contribution in [0.15, 0.2) is 30.3 Å². The van der Waals surface area contributed by atoms with Crippen LogP contribution in [0.2, 0.25) is 0 Å². The average Bonchev–Trinajstić information content (AvgIpc) is 2.63. The van der Waals surface area contributed by atoms with Crippen molar-refractivity contribution in [1.82, 2.24) is 0 Å². The van der Waals surface area contributed by atoms with Gasteiger partial charge in [-0.1, -0.05) is 30.3 Å². The van der Waals surface area contributed by atoms with Crippen LogP contribution in [0.25, 0.3) is 0 Å². The lowest BCUT2D eigenvalue weighted by Gasteiger charge is -2.27. The molecule has 0 aliphatic rings. The Morgan fingerprint density at radius 1 is 1.00 bits per heavy atom. The number of hydrogen-bond donors (Lipinski definition) is 0. The third-order valence-electron chi connectivity index (χ3n) is 3.77. The summed E-state index contributed by atoms with van der Waals surface area (Å²) in [4.78, 5) is 37.5. The molecule has 5 nitrogen and oxygen atoms in total. The lowest BCUT2D eigenvalue weighted by atomic mass is 9.79. The highest BCUT2D eigenvalue weighted by Gasteiger charge is 2.48. The molecule has 0 aromatic heterocycles. The fourth-order valence-corrected chi connectivity index (χ4v) is 2.39. The maximum absolute atomic E-state index is 12.5. The smallest absolute Gasteiger partial charge is 0.324 e. The van der Waals surface area contributed by atoms with Gasteiger partial charge < -0.3 is 9.47 Å². The molecule has 0 aliphatic carbocycles. The van der Waals surface area contributed by atoms with Gasteiger partial charge in [0.15, 0.2) is 11.2 Å². The molecule has 0 aliphatic heterocycles. The summed E-state index contributed by atoms with van der Waals surface area (Å²) in [7, 11) is 0. The minimum atomic E-state index is -1.58. The van der Waals surface area contributed by atoms with Gasteiger partial charge in [0.2, 0.25) is 0 Å². The summed E-state index contributed by atoms with van der Waals surface area (Å²) in [5.74, 6) is 3.91. The van der Waals surface area contributed by atoms with Gasteiger partial charge in [-0.3, -0.25) is 14.4 Å². The van der Waals surface area contributed by atoms with Gasteiger partial charge in [0.05, 0.1) is 13.2 Å². The van der Waals surface area contributed by atoms with E-state index in [1.54, 1.807) is 45.0 Å². The lowest BCUT2D eigenvalue weighted by molar-refractivity contribution is -0.172. The van der Waals surface area contributed by atoms with Crippen molar-refractivity contribution in [2.75, 3.05) is 13.2 Å². The molecule has 0 unspecified atom stereocenters. The molecule has 134 valence electrons. The van der Waals surface area contributed by atoms with E-state index in [2.05, 4.69) is 11.8 Å². The van der Waals surface area contributed by atoms with Crippen molar-refractivity contribution in [1.29, 1.82) is 0 Å². The van der Waals surface area contributed by atoms with Crippen molar-refractivity contribution in [2.24, 2.45) is 5.41 Å². The van der Waals surface area contributed by atoms with E-state index >= 15 is 0 Å². The first-order chi connectivity index (χ1) is 12.0. The predicted octanol–water partition coefficient (Wildman–Crippen LogP) is 3.18. The highest BCUT2D eigenvalue weighted by Crippen LogP contribution is 2.32. The second-order valence-electron chi connectivity index (χ2n) is 5.42. The molecule has 1 rings (SSSR count). The van der Waals surface area contributed by atoms with Crippen LogP contribution >= 0.6 is 0 Å². The van der Waals surface area contributed by atoms with Crippen LogP contribution in [0.1, 0.15) is 50.4 Å². The van der Waals surface area contributed by atoms with Crippen molar-refractivity contribution in [3.05, 3.63) is 35.9 Å². The van der Waals surface area contributed by atoms with Crippen molar-refractivity contribution in [3.8, 4) is 11.8 Å². The summed E-state index contributed by atoms with van der Waals surface area (Å²) < 4.78 is 10.2. The second-order valence-corrected chi connectivity index (χ2v) is 5.42. The van der Waals surface area contributed by atoms with E-state index in [9.17, 15) is 14.4 Å². The number of Topliss-reactive ketones (excluding diaryl/α,β-unsaturated/α-hetero) is 1. The maximum Gasteiger partial charge on any atom is 0.324 e. The second kappa shape index (κ2) is 10.3. The number of benzene rings is 1. The molecule has 5 heteroatoms. The molecule has 0 saturated carbocycles. The van der Waals surface area contributed by atoms with E-state index in [1.807, 2.05) is 6.07 Å². The van der Waals surface area contributed by atoms with Gasteiger partial charge >= 0.3 is 11.9 Å². The fourth-order valence-electron chi connectivity index (χ4n) is 2.39. The predicted molar refractivity (Wildman–Crippen MR) is 93.8 cm³/mol. The molecule has 0 amide bonds. The van der Waals surface area contributed by atoms with Crippen molar-refractivity contribution in [2.45, 2.75) is 40.0 Å². The maximum atomic E-state index is 12.5. The van der Waals surface area contributed by atoms with Crippen molar-refractivity contribution in [3.63, 3.8) is 0 Å². The first kappa shape index (κ1) is 20.4. The number of rotatable bonds is 9. The van der Waals surface area contributed by atoms with Gasteiger partial charge in [-0.2, -0.15) is 0 Å². The largest absolute Gasteiger partial charge is 0.465 e. The Hall–Kier alpha value is -2.61. The number of hydrogen-bond acceptors (Lipinski definition) is 5. The van der Waals surface area contributed by atoms with E-state index in [-0.39, 0.29) is 38.3 Å².